The van der Waals surface area contributed by atoms with Crippen LogP contribution in [0.4, 0.5) is 0 Å². The SMILES string of the molecule is Oc1ccc(-c2cn(Cc3ccc(-c4ccccc4)cc3)nn2)cc1O. The van der Waals surface area contributed by atoms with Crippen LogP contribution in [0.5, 0.6) is 11.5 Å². The molecule has 1 heterocycles. The molecule has 0 fully saturated rings. The van der Waals surface area contributed by atoms with Gasteiger partial charge in [-0.2, -0.15) is 0 Å². The molecule has 1 aromatic heterocycles. The zero-order chi connectivity index (χ0) is 17.9. The zero-order valence-corrected chi connectivity index (χ0v) is 13.9. The molecule has 0 bridgehead atoms. The van der Waals surface area contributed by atoms with Crippen LogP contribution in [-0.2, 0) is 6.54 Å². The highest BCUT2D eigenvalue weighted by molar-refractivity contribution is 5.64. The van der Waals surface area contributed by atoms with Crippen molar-refractivity contribution in [1.29, 1.82) is 0 Å². The Morgan fingerprint density at radius 1 is 0.731 bits per heavy atom. The second-order valence-electron chi connectivity index (χ2n) is 6.07. The molecule has 5 heteroatoms. The van der Waals surface area contributed by atoms with E-state index in [0.29, 0.717) is 17.8 Å². The van der Waals surface area contributed by atoms with E-state index in [-0.39, 0.29) is 11.5 Å². The first-order valence-corrected chi connectivity index (χ1v) is 8.26. The molecule has 0 aliphatic carbocycles. The minimum absolute atomic E-state index is 0.153. The summed E-state index contributed by atoms with van der Waals surface area (Å²) in [5.41, 5.74) is 4.82. The molecule has 2 N–H and O–H groups in total. The molecule has 3 aromatic carbocycles. The summed E-state index contributed by atoms with van der Waals surface area (Å²) in [4.78, 5) is 0. The van der Waals surface area contributed by atoms with Gasteiger partial charge in [0.05, 0.1) is 12.7 Å². The summed E-state index contributed by atoms with van der Waals surface area (Å²) in [6, 6.07) is 23.2. The predicted octanol–water partition coefficient (Wildman–Crippen LogP) is 4.07. The van der Waals surface area contributed by atoms with Crippen LogP contribution in [0.1, 0.15) is 5.56 Å². The van der Waals surface area contributed by atoms with Crippen molar-refractivity contribution in [2.75, 3.05) is 0 Å². The van der Waals surface area contributed by atoms with Gasteiger partial charge in [0.2, 0.25) is 0 Å². The Morgan fingerprint density at radius 3 is 2.15 bits per heavy atom. The predicted molar refractivity (Wildman–Crippen MR) is 99.8 cm³/mol. The fourth-order valence-corrected chi connectivity index (χ4v) is 2.81. The van der Waals surface area contributed by atoms with E-state index in [1.807, 2.05) is 24.4 Å². The average molecular weight is 343 g/mol. The van der Waals surface area contributed by atoms with Crippen molar-refractivity contribution >= 4 is 0 Å². The maximum absolute atomic E-state index is 9.62. The van der Waals surface area contributed by atoms with Gasteiger partial charge in [0, 0.05) is 5.56 Å². The lowest BCUT2D eigenvalue weighted by Gasteiger charge is -2.04. The highest BCUT2D eigenvalue weighted by Crippen LogP contribution is 2.29. The zero-order valence-electron chi connectivity index (χ0n) is 13.9. The number of nitrogens with zero attached hydrogens (tertiary/aromatic N) is 3. The van der Waals surface area contributed by atoms with Crippen LogP contribution in [-0.4, -0.2) is 25.2 Å². The van der Waals surface area contributed by atoms with Crippen molar-refractivity contribution in [3.63, 3.8) is 0 Å². The number of aromatic hydroxyl groups is 2. The van der Waals surface area contributed by atoms with E-state index in [2.05, 4.69) is 46.7 Å². The third-order valence-corrected chi connectivity index (χ3v) is 4.22. The Balaban J connectivity index is 1.51. The van der Waals surface area contributed by atoms with Gasteiger partial charge in [-0.3, -0.25) is 0 Å². The maximum atomic E-state index is 9.62. The third kappa shape index (κ3) is 3.28. The molecule has 0 spiro atoms. The molecule has 4 rings (SSSR count). The van der Waals surface area contributed by atoms with Gasteiger partial charge in [-0.25, -0.2) is 4.68 Å². The number of benzene rings is 3. The van der Waals surface area contributed by atoms with E-state index in [0.717, 1.165) is 5.56 Å². The molecule has 5 nitrogen and oxygen atoms in total. The smallest absolute Gasteiger partial charge is 0.158 e. The van der Waals surface area contributed by atoms with E-state index in [1.54, 1.807) is 10.7 Å². The minimum atomic E-state index is -0.173. The number of phenolic OH excluding ortho intramolecular Hbond substituents is 2. The first-order valence-electron chi connectivity index (χ1n) is 8.26. The first kappa shape index (κ1) is 15.9. The fraction of sp³-hybridized carbons (Fsp3) is 0.0476. The van der Waals surface area contributed by atoms with Crippen molar-refractivity contribution in [2.45, 2.75) is 6.54 Å². The third-order valence-electron chi connectivity index (χ3n) is 4.22. The largest absolute Gasteiger partial charge is 0.504 e. The first-order chi connectivity index (χ1) is 12.7. The summed E-state index contributed by atoms with van der Waals surface area (Å²) in [5, 5.41) is 27.3. The van der Waals surface area contributed by atoms with E-state index in [4.69, 9.17) is 0 Å². The van der Waals surface area contributed by atoms with Crippen molar-refractivity contribution < 1.29 is 10.2 Å². The van der Waals surface area contributed by atoms with Crippen molar-refractivity contribution in [3.05, 3.63) is 84.6 Å². The average Bonchev–Trinajstić information content (AvgIpc) is 3.14. The monoisotopic (exact) mass is 343 g/mol. The van der Waals surface area contributed by atoms with Crippen LogP contribution >= 0.6 is 0 Å². The number of aromatic nitrogens is 3. The van der Waals surface area contributed by atoms with Gasteiger partial charge in [-0.15, -0.1) is 5.10 Å². The molecule has 128 valence electrons. The van der Waals surface area contributed by atoms with E-state index >= 15 is 0 Å². The Morgan fingerprint density at radius 2 is 1.42 bits per heavy atom. The molecule has 0 amide bonds. The van der Waals surface area contributed by atoms with Crippen molar-refractivity contribution in [3.8, 4) is 33.9 Å². The molecular formula is C21H17N3O2. The lowest BCUT2D eigenvalue weighted by Crippen LogP contribution is -2.00. The van der Waals surface area contributed by atoms with E-state index in [9.17, 15) is 10.2 Å². The van der Waals surface area contributed by atoms with Crippen LogP contribution < -0.4 is 0 Å². The summed E-state index contributed by atoms with van der Waals surface area (Å²) < 4.78 is 1.75. The van der Waals surface area contributed by atoms with Gasteiger partial charge in [-0.05, 0) is 34.9 Å². The minimum Gasteiger partial charge on any atom is -0.504 e. The second-order valence-corrected chi connectivity index (χ2v) is 6.07. The van der Waals surface area contributed by atoms with Crippen LogP contribution in [0.15, 0.2) is 79.0 Å². The molecule has 0 saturated carbocycles. The second kappa shape index (κ2) is 6.72. The topological polar surface area (TPSA) is 71.2 Å². The van der Waals surface area contributed by atoms with E-state index in [1.165, 1.54) is 23.3 Å². The fourth-order valence-electron chi connectivity index (χ4n) is 2.81. The van der Waals surface area contributed by atoms with Crippen molar-refractivity contribution in [1.82, 2.24) is 15.0 Å². The summed E-state index contributed by atoms with van der Waals surface area (Å²) >= 11 is 0. The summed E-state index contributed by atoms with van der Waals surface area (Å²) in [6.07, 6.45) is 1.82. The van der Waals surface area contributed by atoms with Gasteiger partial charge in [-0.1, -0.05) is 59.8 Å². The molecule has 0 aliphatic heterocycles. The van der Waals surface area contributed by atoms with Crippen LogP contribution in [0.3, 0.4) is 0 Å². The van der Waals surface area contributed by atoms with E-state index < -0.39 is 0 Å². The highest BCUT2D eigenvalue weighted by Gasteiger charge is 2.08. The Hall–Kier alpha value is -3.60. The Kier molecular flexibility index (Phi) is 4.11. The summed E-state index contributed by atoms with van der Waals surface area (Å²) in [7, 11) is 0. The quantitative estimate of drug-likeness (QED) is 0.548. The molecule has 26 heavy (non-hydrogen) atoms. The van der Waals surface area contributed by atoms with Gasteiger partial charge in [0.1, 0.15) is 5.69 Å². The number of phenols is 2. The molecule has 0 aliphatic rings. The van der Waals surface area contributed by atoms with Crippen LogP contribution in [0.25, 0.3) is 22.4 Å². The molecular weight excluding hydrogens is 326 g/mol. The number of hydrogen-bond acceptors (Lipinski definition) is 4. The Bertz CT molecular complexity index is 1020. The highest BCUT2D eigenvalue weighted by atomic mass is 16.3. The molecule has 0 atom stereocenters. The van der Waals surface area contributed by atoms with Gasteiger partial charge >= 0.3 is 0 Å². The molecule has 0 unspecified atom stereocenters. The standard InChI is InChI=1S/C21H17N3O2/c25-20-11-10-18(12-21(20)26)19-14-24(23-22-19)13-15-6-8-17(9-7-15)16-4-2-1-3-5-16/h1-12,14,25-26H,13H2. The van der Waals surface area contributed by atoms with Gasteiger partial charge < -0.3 is 10.2 Å². The molecule has 0 saturated heterocycles. The van der Waals surface area contributed by atoms with Gasteiger partial charge in [0.25, 0.3) is 0 Å². The lowest BCUT2D eigenvalue weighted by atomic mass is 10.0. The Labute approximate surface area is 150 Å². The van der Waals surface area contributed by atoms with Crippen LogP contribution in [0.2, 0.25) is 0 Å². The maximum Gasteiger partial charge on any atom is 0.158 e. The summed E-state index contributed by atoms with van der Waals surface area (Å²) in [6.45, 7) is 0.603. The molecule has 4 aromatic rings. The normalized spacial score (nSPS) is 10.8. The van der Waals surface area contributed by atoms with Gasteiger partial charge in [0.15, 0.2) is 11.5 Å². The number of rotatable bonds is 4. The van der Waals surface area contributed by atoms with Crippen LogP contribution in [0, 0.1) is 0 Å². The lowest BCUT2D eigenvalue weighted by molar-refractivity contribution is 0.404. The molecule has 0 radical (unpaired) electrons. The summed E-state index contributed by atoms with van der Waals surface area (Å²) in [5.74, 6) is -0.326. The van der Waals surface area contributed by atoms with Crippen molar-refractivity contribution in [2.24, 2.45) is 0 Å². The number of hydrogen-bond donors (Lipinski definition) is 2.